The Morgan fingerprint density at radius 2 is 1.95 bits per heavy atom. The van der Waals surface area contributed by atoms with Crippen LogP contribution >= 0.6 is 0 Å². The van der Waals surface area contributed by atoms with Crippen LogP contribution in [0.3, 0.4) is 0 Å². The fraction of sp³-hybridized carbons (Fsp3) is 0.467. The highest BCUT2D eigenvalue weighted by Gasteiger charge is 2.24. The van der Waals surface area contributed by atoms with Gasteiger partial charge in [-0.3, -0.25) is 15.0 Å². The minimum Gasteiger partial charge on any atom is -0.477 e. The summed E-state index contributed by atoms with van der Waals surface area (Å²) in [5, 5.41) is 1.76. The number of morpholine rings is 1. The van der Waals surface area contributed by atoms with Gasteiger partial charge in [-0.25, -0.2) is 5.01 Å². The monoisotopic (exact) mass is 308 g/mol. The molecule has 1 unspecified atom stereocenters. The lowest BCUT2D eigenvalue weighted by Crippen LogP contribution is -2.53. The van der Waals surface area contributed by atoms with Crippen LogP contribution in [0.25, 0.3) is 0 Å². The molecule has 0 aromatic heterocycles. The van der Waals surface area contributed by atoms with Gasteiger partial charge in [0.15, 0.2) is 0 Å². The van der Waals surface area contributed by atoms with Gasteiger partial charge in [-0.1, -0.05) is 18.2 Å². The van der Waals surface area contributed by atoms with Crippen molar-refractivity contribution in [1.82, 2.24) is 10.4 Å². The van der Waals surface area contributed by atoms with Gasteiger partial charge in [0.25, 0.3) is 5.91 Å². The van der Waals surface area contributed by atoms with E-state index in [1.54, 1.807) is 29.3 Å². The molecule has 1 aromatic carbocycles. The Morgan fingerprint density at radius 1 is 1.27 bits per heavy atom. The maximum atomic E-state index is 12.3. The van der Waals surface area contributed by atoms with Crippen LogP contribution in [0.5, 0.6) is 5.75 Å². The van der Waals surface area contributed by atoms with Crippen LogP contribution in [-0.2, 0) is 19.1 Å². The van der Waals surface area contributed by atoms with E-state index < -0.39 is 12.1 Å². The molecule has 0 aliphatic carbocycles. The van der Waals surface area contributed by atoms with Crippen LogP contribution < -0.4 is 10.2 Å². The summed E-state index contributed by atoms with van der Waals surface area (Å²) in [5.41, 5.74) is 2.76. The average molecular weight is 308 g/mol. The third-order valence-corrected chi connectivity index (χ3v) is 3.03. The number of hydrazine groups is 1. The zero-order valence-electron chi connectivity index (χ0n) is 12.5. The van der Waals surface area contributed by atoms with Gasteiger partial charge in [0.1, 0.15) is 12.4 Å². The van der Waals surface area contributed by atoms with Crippen molar-refractivity contribution in [3.05, 3.63) is 30.3 Å². The van der Waals surface area contributed by atoms with Crippen molar-refractivity contribution in [2.75, 3.05) is 32.9 Å². The van der Waals surface area contributed by atoms with E-state index in [9.17, 15) is 9.59 Å². The third-order valence-electron chi connectivity index (χ3n) is 3.03. The van der Waals surface area contributed by atoms with Crippen LogP contribution in [0.2, 0.25) is 0 Å². The lowest BCUT2D eigenvalue weighted by Gasteiger charge is -2.28. The molecule has 2 rings (SSSR count). The Labute approximate surface area is 129 Å². The third kappa shape index (κ3) is 5.34. The second-order valence-electron chi connectivity index (χ2n) is 4.80. The largest absolute Gasteiger partial charge is 0.477 e. The van der Waals surface area contributed by atoms with Crippen molar-refractivity contribution >= 4 is 11.9 Å². The number of nitrogens with one attached hydrogen (secondary N) is 1. The number of hydrogen-bond donors (Lipinski definition) is 1. The van der Waals surface area contributed by atoms with E-state index in [0.29, 0.717) is 32.1 Å². The molecule has 0 radical (unpaired) electrons. The maximum Gasteiger partial charge on any atom is 0.302 e. The summed E-state index contributed by atoms with van der Waals surface area (Å²) < 4.78 is 15.8. The Balaban J connectivity index is 1.95. The number of esters is 1. The molecular weight excluding hydrogens is 288 g/mol. The van der Waals surface area contributed by atoms with Gasteiger partial charge in [-0.15, -0.1) is 0 Å². The molecule has 1 N–H and O–H groups in total. The number of ether oxygens (including phenoxy) is 3. The Kier molecular flexibility index (Phi) is 6.17. The van der Waals surface area contributed by atoms with Crippen LogP contribution in [0.15, 0.2) is 30.3 Å². The van der Waals surface area contributed by atoms with Gasteiger partial charge in [-0.05, 0) is 12.1 Å². The summed E-state index contributed by atoms with van der Waals surface area (Å²) in [6.07, 6.45) is -0.908. The van der Waals surface area contributed by atoms with E-state index in [-0.39, 0.29) is 12.5 Å². The summed E-state index contributed by atoms with van der Waals surface area (Å²) in [4.78, 5) is 23.3. The van der Waals surface area contributed by atoms with E-state index >= 15 is 0 Å². The fourth-order valence-corrected chi connectivity index (χ4v) is 1.92. The maximum absolute atomic E-state index is 12.3. The molecule has 1 amide bonds. The summed E-state index contributed by atoms with van der Waals surface area (Å²) in [7, 11) is 0. The topological polar surface area (TPSA) is 77.1 Å². The number of benzene rings is 1. The highest BCUT2D eigenvalue weighted by Crippen LogP contribution is 2.11. The van der Waals surface area contributed by atoms with E-state index in [1.807, 2.05) is 6.07 Å². The van der Waals surface area contributed by atoms with Gasteiger partial charge >= 0.3 is 5.97 Å². The molecule has 0 saturated carbocycles. The van der Waals surface area contributed by atoms with Crippen molar-refractivity contribution in [3.63, 3.8) is 0 Å². The second-order valence-corrected chi connectivity index (χ2v) is 4.80. The number of nitrogens with zero attached hydrogens (tertiary/aromatic N) is 1. The van der Waals surface area contributed by atoms with E-state index in [2.05, 4.69) is 5.43 Å². The molecule has 1 fully saturated rings. The molecule has 7 heteroatoms. The van der Waals surface area contributed by atoms with Gasteiger partial charge in [0, 0.05) is 20.0 Å². The standard InChI is InChI=1S/C15H20N2O5/c1-12(18)21-11-14(22-13-5-3-2-4-6-13)15(19)16-17-7-9-20-10-8-17/h2-6,14H,7-11H2,1H3,(H,16,19). The lowest BCUT2D eigenvalue weighted by atomic mass is 10.3. The van der Waals surface area contributed by atoms with E-state index in [0.717, 1.165) is 0 Å². The van der Waals surface area contributed by atoms with Crippen LogP contribution in [0.4, 0.5) is 0 Å². The van der Waals surface area contributed by atoms with Gasteiger partial charge in [-0.2, -0.15) is 0 Å². The van der Waals surface area contributed by atoms with Crippen molar-refractivity contribution in [3.8, 4) is 5.75 Å². The molecule has 1 aliphatic rings. The summed E-state index contributed by atoms with van der Waals surface area (Å²) in [6.45, 7) is 3.50. The Hall–Kier alpha value is -2.12. The zero-order valence-corrected chi connectivity index (χ0v) is 12.5. The first-order chi connectivity index (χ1) is 10.6. The van der Waals surface area contributed by atoms with Crippen molar-refractivity contribution in [1.29, 1.82) is 0 Å². The average Bonchev–Trinajstić information content (AvgIpc) is 2.53. The second kappa shape index (κ2) is 8.35. The SMILES string of the molecule is CC(=O)OCC(Oc1ccccc1)C(=O)NN1CCOCC1. The van der Waals surface area contributed by atoms with E-state index in [1.165, 1.54) is 6.92 Å². The normalized spacial score (nSPS) is 16.6. The summed E-state index contributed by atoms with van der Waals surface area (Å²) in [6, 6.07) is 8.93. The van der Waals surface area contributed by atoms with Crippen LogP contribution in [0, 0.1) is 0 Å². The van der Waals surface area contributed by atoms with Crippen molar-refractivity contribution in [2.45, 2.75) is 13.0 Å². The highest BCUT2D eigenvalue weighted by atomic mass is 16.6. The predicted molar refractivity (Wildman–Crippen MR) is 78.0 cm³/mol. The first kappa shape index (κ1) is 16.3. The minimum absolute atomic E-state index is 0.138. The number of para-hydroxylation sites is 1. The number of hydrogen-bond acceptors (Lipinski definition) is 6. The first-order valence-electron chi connectivity index (χ1n) is 7.13. The molecule has 120 valence electrons. The lowest BCUT2D eigenvalue weighted by molar-refractivity contribution is -0.148. The number of carbonyl (C=O) groups is 2. The first-order valence-corrected chi connectivity index (χ1v) is 7.13. The molecule has 1 aromatic rings. The van der Waals surface area contributed by atoms with Gasteiger partial charge < -0.3 is 14.2 Å². The number of amides is 1. The zero-order chi connectivity index (χ0) is 15.8. The van der Waals surface area contributed by atoms with Gasteiger partial charge in [0.05, 0.1) is 13.2 Å². The number of rotatable bonds is 6. The molecule has 1 heterocycles. The van der Waals surface area contributed by atoms with Crippen LogP contribution in [0.1, 0.15) is 6.92 Å². The molecule has 1 aliphatic heterocycles. The van der Waals surface area contributed by atoms with Gasteiger partial charge in [0.2, 0.25) is 6.10 Å². The smallest absolute Gasteiger partial charge is 0.302 e. The highest BCUT2D eigenvalue weighted by molar-refractivity contribution is 5.81. The molecule has 22 heavy (non-hydrogen) atoms. The molecule has 1 saturated heterocycles. The quantitative estimate of drug-likeness (QED) is 0.765. The number of carbonyl (C=O) groups excluding carboxylic acids is 2. The van der Waals surface area contributed by atoms with Crippen molar-refractivity contribution < 1.29 is 23.8 Å². The fourth-order valence-electron chi connectivity index (χ4n) is 1.92. The Bertz CT molecular complexity index is 488. The molecule has 0 bridgehead atoms. The molecule has 0 spiro atoms. The van der Waals surface area contributed by atoms with Crippen LogP contribution in [-0.4, -0.2) is 55.9 Å². The molecule has 1 atom stereocenters. The minimum atomic E-state index is -0.908. The Morgan fingerprint density at radius 3 is 2.59 bits per heavy atom. The summed E-state index contributed by atoms with van der Waals surface area (Å²) in [5.74, 6) is -0.274. The van der Waals surface area contributed by atoms with E-state index in [4.69, 9.17) is 14.2 Å². The van der Waals surface area contributed by atoms with Crippen molar-refractivity contribution in [2.24, 2.45) is 0 Å². The predicted octanol–water partition coefficient (Wildman–Crippen LogP) is 0.360. The molecular formula is C15H20N2O5. The summed E-state index contributed by atoms with van der Waals surface area (Å²) >= 11 is 0. The molecule has 7 nitrogen and oxygen atoms in total.